The molecule has 0 aliphatic rings. The fourth-order valence-electron chi connectivity index (χ4n) is 2.85. The van der Waals surface area contributed by atoms with E-state index in [1.165, 1.54) is 6.92 Å². The first-order chi connectivity index (χ1) is 14.2. The Hall–Kier alpha value is -3.54. The quantitative estimate of drug-likeness (QED) is 0.375. The van der Waals surface area contributed by atoms with Crippen LogP contribution in [0.2, 0.25) is 0 Å². The Morgan fingerprint density at radius 2 is 1.62 bits per heavy atom. The van der Waals surface area contributed by atoms with Crippen molar-refractivity contribution in [2.24, 2.45) is 10.2 Å². The molecule has 1 aromatic heterocycles. The van der Waals surface area contributed by atoms with Crippen LogP contribution in [0, 0.1) is 0 Å². The number of hydrogen-bond donors (Lipinski definition) is 0. The molecule has 3 aromatic rings. The van der Waals surface area contributed by atoms with Crippen LogP contribution in [-0.2, 0) is 9.53 Å². The van der Waals surface area contributed by atoms with Gasteiger partial charge in [-0.25, -0.2) is 0 Å². The van der Waals surface area contributed by atoms with E-state index in [2.05, 4.69) is 27.0 Å². The second-order valence-corrected chi connectivity index (χ2v) is 6.40. The molecule has 0 aliphatic carbocycles. The molecule has 0 N–H and O–H groups in total. The van der Waals surface area contributed by atoms with Crippen molar-refractivity contribution in [3.8, 4) is 11.3 Å². The summed E-state index contributed by atoms with van der Waals surface area (Å²) in [6.07, 6.45) is 1.78. The number of pyridine rings is 1. The van der Waals surface area contributed by atoms with E-state index in [9.17, 15) is 4.79 Å². The van der Waals surface area contributed by atoms with E-state index in [1.54, 1.807) is 6.20 Å². The molecule has 29 heavy (non-hydrogen) atoms. The Labute approximate surface area is 170 Å². The number of esters is 1. The molecule has 0 saturated heterocycles. The number of aromatic nitrogens is 1. The van der Waals surface area contributed by atoms with Gasteiger partial charge >= 0.3 is 5.97 Å². The van der Waals surface area contributed by atoms with Crippen molar-refractivity contribution >= 4 is 23.0 Å². The SMILES string of the molecule is CCN(CCOC(C)=O)c1ccc(N=Nc2ccc(-c3ccccn3)cc2)cc1. The van der Waals surface area contributed by atoms with Crippen LogP contribution in [0.15, 0.2) is 83.2 Å². The summed E-state index contributed by atoms with van der Waals surface area (Å²) in [5.41, 5.74) is 4.59. The largest absolute Gasteiger partial charge is 0.464 e. The fourth-order valence-corrected chi connectivity index (χ4v) is 2.85. The molecule has 2 aromatic carbocycles. The van der Waals surface area contributed by atoms with Crippen LogP contribution in [0.3, 0.4) is 0 Å². The Morgan fingerprint density at radius 1 is 0.966 bits per heavy atom. The molecule has 3 rings (SSSR count). The molecule has 0 unspecified atom stereocenters. The van der Waals surface area contributed by atoms with Gasteiger partial charge in [-0.1, -0.05) is 18.2 Å². The number of anilines is 1. The fraction of sp³-hybridized carbons (Fsp3) is 0.217. The highest BCUT2D eigenvalue weighted by Gasteiger charge is 2.05. The number of ether oxygens (including phenoxy) is 1. The predicted molar refractivity (Wildman–Crippen MR) is 115 cm³/mol. The Balaban J connectivity index is 1.61. The van der Waals surface area contributed by atoms with Crippen LogP contribution in [0.25, 0.3) is 11.3 Å². The minimum atomic E-state index is -0.259. The standard InChI is InChI=1S/C23H24N4O2/c1-3-27(16-17-29-18(2)28)22-13-11-21(12-14-22)26-25-20-9-7-19(8-10-20)23-6-4-5-15-24-23/h4-15H,3,16-17H2,1-2H3. The molecular formula is C23H24N4O2. The summed E-state index contributed by atoms with van der Waals surface area (Å²) in [4.78, 5) is 17.4. The number of likely N-dealkylation sites (N-methyl/N-ethyl adjacent to an activating group) is 1. The topological polar surface area (TPSA) is 67.2 Å². The summed E-state index contributed by atoms with van der Waals surface area (Å²) >= 11 is 0. The van der Waals surface area contributed by atoms with E-state index >= 15 is 0 Å². The van der Waals surface area contributed by atoms with Crippen molar-refractivity contribution < 1.29 is 9.53 Å². The lowest BCUT2D eigenvalue weighted by Crippen LogP contribution is -2.27. The molecule has 0 spiro atoms. The number of carbonyl (C=O) groups excluding carboxylic acids is 1. The summed E-state index contributed by atoms with van der Waals surface area (Å²) in [5.74, 6) is -0.259. The Bertz CT molecular complexity index is 939. The van der Waals surface area contributed by atoms with Crippen LogP contribution in [0.1, 0.15) is 13.8 Å². The van der Waals surface area contributed by atoms with Gasteiger partial charge < -0.3 is 9.64 Å². The van der Waals surface area contributed by atoms with E-state index in [1.807, 2.05) is 66.7 Å². The van der Waals surface area contributed by atoms with Gasteiger partial charge in [0.2, 0.25) is 0 Å². The van der Waals surface area contributed by atoms with Crippen molar-refractivity contribution in [1.82, 2.24) is 4.98 Å². The zero-order valence-corrected chi connectivity index (χ0v) is 16.7. The monoisotopic (exact) mass is 388 g/mol. The third kappa shape index (κ3) is 5.97. The van der Waals surface area contributed by atoms with E-state index in [4.69, 9.17) is 4.74 Å². The van der Waals surface area contributed by atoms with Gasteiger partial charge in [0, 0.05) is 30.9 Å². The number of carbonyl (C=O) groups is 1. The predicted octanol–water partition coefficient (Wildman–Crippen LogP) is 5.55. The number of azo groups is 1. The van der Waals surface area contributed by atoms with Crippen LogP contribution in [-0.4, -0.2) is 30.6 Å². The number of benzene rings is 2. The average Bonchev–Trinajstić information content (AvgIpc) is 2.77. The first-order valence-electron chi connectivity index (χ1n) is 9.57. The Morgan fingerprint density at radius 3 is 2.17 bits per heavy atom. The van der Waals surface area contributed by atoms with Gasteiger partial charge in [0.1, 0.15) is 6.61 Å². The van der Waals surface area contributed by atoms with Gasteiger partial charge in [0.15, 0.2) is 0 Å². The molecular weight excluding hydrogens is 364 g/mol. The Kier molecular flexibility index (Phi) is 7.05. The van der Waals surface area contributed by atoms with Gasteiger partial charge in [-0.2, -0.15) is 10.2 Å². The second kappa shape index (κ2) is 10.1. The van der Waals surface area contributed by atoms with Crippen LogP contribution >= 0.6 is 0 Å². The normalized spacial score (nSPS) is 10.8. The summed E-state index contributed by atoms with van der Waals surface area (Å²) in [5, 5.41) is 8.62. The third-order valence-electron chi connectivity index (χ3n) is 4.37. The minimum absolute atomic E-state index is 0.259. The van der Waals surface area contributed by atoms with Crippen molar-refractivity contribution in [2.75, 3.05) is 24.6 Å². The highest BCUT2D eigenvalue weighted by Crippen LogP contribution is 2.24. The van der Waals surface area contributed by atoms with E-state index in [-0.39, 0.29) is 5.97 Å². The van der Waals surface area contributed by atoms with E-state index in [0.29, 0.717) is 13.2 Å². The lowest BCUT2D eigenvalue weighted by Gasteiger charge is -2.22. The van der Waals surface area contributed by atoms with Gasteiger partial charge in [0.05, 0.1) is 23.6 Å². The molecule has 0 bridgehead atoms. The molecule has 0 atom stereocenters. The van der Waals surface area contributed by atoms with Crippen LogP contribution in [0.4, 0.5) is 17.1 Å². The second-order valence-electron chi connectivity index (χ2n) is 6.40. The minimum Gasteiger partial charge on any atom is -0.464 e. The van der Waals surface area contributed by atoms with E-state index < -0.39 is 0 Å². The summed E-state index contributed by atoms with van der Waals surface area (Å²) < 4.78 is 5.03. The van der Waals surface area contributed by atoms with Crippen molar-refractivity contribution in [1.29, 1.82) is 0 Å². The lowest BCUT2D eigenvalue weighted by molar-refractivity contribution is -0.140. The highest BCUT2D eigenvalue weighted by atomic mass is 16.5. The third-order valence-corrected chi connectivity index (χ3v) is 4.37. The maximum atomic E-state index is 10.9. The van der Waals surface area contributed by atoms with Gasteiger partial charge in [-0.05, 0) is 55.5 Å². The number of hydrogen-bond acceptors (Lipinski definition) is 6. The highest BCUT2D eigenvalue weighted by molar-refractivity contribution is 5.66. The van der Waals surface area contributed by atoms with Crippen molar-refractivity contribution in [3.63, 3.8) is 0 Å². The molecule has 6 nitrogen and oxygen atoms in total. The van der Waals surface area contributed by atoms with Crippen molar-refractivity contribution in [2.45, 2.75) is 13.8 Å². The first-order valence-corrected chi connectivity index (χ1v) is 9.57. The molecule has 0 saturated carbocycles. The van der Waals surface area contributed by atoms with Gasteiger partial charge in [0.25, 0.3) is 0 Å². The summed E-state index contributed by atoms with van der Waals surface area (Å²) in [6, 6.07) is 21.5. The smallest absolute Gasteiger partial charge is 0.302 e. The van der Waals surface area contributed by atoms with Crippen molar-refractivity contribution in [3.05, 3.63) is 72.9 Å². The molecule has 0 amide bonds. The molecule has 6 heteroatoms. The zero-order chi connectivity index (χ0) is 20.5. The first kappa shape index (κ1) is 20.2. The van der Waals surface area contributed by atoms with Crippen LogP contribution < -0.4 is 4.90 Å². The molecule has 148 valence electrons. The number of nitrogens with zero attached hydrogens (tertiary/aromatic N) is 4. The molecule has 0 aliphatic heterocycles. The van der Waals surface area contributed by atoms with E-state index in [0.717, 1.165) is 34.9 Å². The zero-order valence-electron chi connectivity index (χ0n) is 16.7. The summed E-state index contributed by atoms with van der Waals surface area (Å²) in [7, 11) is 0. The van der Waals surface area contributed by atoms with Crippen LogP contribution in [0.5, 0.6) is 0 Å². The lowest BCUT2D eigenvalue weighted by atomic mass is 10.1. The molecule has 0 fully saturated rings. The van der Waals surface area contributed by atoms with Gasteiger partial charge in [-0.15, -0.1) is 0 Å². The number of rotatable bonds is 8. The van der Waals surface area contributed by atoms with Gasteiger partial charge in [-0.3, -0.25) is 9.78 Å². The molecule has 0 radical (unpaired) electrons. The maximum Gasteiger partial charge on any atom is 0.302 e. The molecule has 1 heterocycles. The average molecular weight is 388 g/mol. The maximum absolute atomic E-state index is 10.9. The summed E-state index contributed by atoms with van der Waals surface area (Å²) in [6.45, 7) is 5.33.